The number of sulfonamides is 4. The molecule has 2 unspecified atom stereocenters. The zero-order valence-corrected chi connectivity index (χ0v) is 89.0. The van der Waals surface area contributed by atoms with Crippen LogP contribution in [0.25, 0.3) is 0 Å². The van der Waals surface area contributed by atoms with Crippen LogP contribution in [0.15, 0.2) is 151 Å². The van der Waals surface area contributed by atoms with Crippen LogP contribution < -0.4 is 65.0 Å². The highest BCUT2D eigenvalue weighted by atomic mass is 35.5. The number of unbranched alkanes of at least 4 members (excludes halogenated alkanes) is 4. The van der Waals surface area contributed by atoms with Crippen molar-refractivity contribution in [3.63, 3.8) is 0 Å². The highest BCUT2D eigenvalue weighted by Crippen LogP contribution is 2.39. The number of carbonyl (C=O) groups excluding carboxylic acids is 2. The van der Waals surface area contributed by atoms with Crippen LogP contribution in [0.1, 0.15) is 183 Å². The topological polar surface area (TPSA) is 412 Å². The van der Waals surface area contributed by atoms with Gasteiger partial charge in [-0.2, -0.15) is 0 Å². The average molecular weight is 2240 g/mol. The molecular formula is C95H134Cl4F5N15O16S8. The average Bonchev–Trinajstić information content (AvgIpc) is 1.70. The van der Waals surface area contributed by atoms with Crippen molar-refractivity contribution in [2.75, 3.05) is 115 Å². The standard InChI is InChI=1S/C24H29ClFN3O4S2.C20H28ClFN4O2S2.C18H15ClF2N2O4S2.C13H13ClFN3O3S2.C11H22N2O2.C6H15NO.3CH4/c1-16-12-19(33-4)8-7-18(16)15-29(24-28-10-11-34-24)35(30,31)23-13-20(25)22(14-21(23)26)27-9-5-6-17(2)32-3;21-16-13-19(30(27,28)26-20-25-11-12-29-20)17(22)14-18(16)24-10-5-2-1-3-7-15-8-4-6-9-23-15;1-26-12-4-3-11(16(7-12)27-2)10-23(18-22-5-6-28-18)29(24,25)17-8-13(19)14(20)9-15(17)21;14-9-7-12(23(20,21)18-13-17-4-6-22-13)10(15)8-11(9)16-3-1-2-5-19;1-11(2,3)15-10(14)13-7-5-4-6-9(13)8-12;1-6(8-2)4-3-5-7;;;/h7-8,10-14,17,27H,5-6,9,15H2,1-4H3;11-15,23-24H,1-10H2,(H,25,26);3-9H,10H2,1-2H3;4-8,16H,1-3H2,(H,17,18);9H,4-8,12H2,1-3H3;6H,3-5,7H2,1-2H3;3*1H4/t;15-;;;9-;;;;/m.1..0..../s1. The molecule has 6 heterocycles. The summed E-state index contributed by atoms with van der Waals surface area (Å²) < 4.78 is 212. The van der Waals surface area contributed by atoms with Gasteiger partial charge in [0.25, 0.3) is 40.1 Å². The van der Waals surface area contributed by atoms with Crippen molar-refractivity contribution in [2.24, 2.45) is 11.5 Å². The fraction of sp³-hybridized carbons (Fsp3) is 0.474. The van der Waals surface area contributed by atoms with Gasteiger partial charge in [-0.25, -0.2) is 89.0 Å². The number of anilines is 7. The summed E-state index contributed by atoms with van der Waals surface area (Å²) in [6, 6.07) is 18.8. The summed E-state index contributed by atoms with van der Waals surface area (Å²) in [5.41, 5.74) is 13.6. The smallest absolute Gasteiger partial charge is 0.410 e. The molecular weight excluding hydrogens is 2100 g/mol. The van der Waals surface area contributed by atoms with E-state index in [1.807, 2.05) is 40.7 Å². The SMILES string of the molecule is C.C.C.CC(C)(C)OC(=O)N1CCCC[C@H]1CN.COC(C)CCCN.COc1ccc(CN(c2nccs2)S(=O)(=O)c2cc(Cl)c(F)cc2F)c(OC)c1.COc1ccc(CN(c2nccs2)S(=O)(=O)c2cc(Cl)c(NCCCC(C)OC)cc2F)c(C)c1.O=CCCCNc1cc(F)c(S(=O)(=O)Nc2nccs2)cc1Cl.O=S(=O)(Nc1nccs1)c1cc(Cl)c(NCCCCCC[C@@H]2CCCCN2)cc1F. The summed E-state index contributed by atoms with van der Waals surface area (Å²) in [6.45, 7) is 16.1. The number of hydrogen-bond donors (Lipinski definition) is 8. The van der Waals surface area contributed by atoms with E-state index in [4.69, 9.17) is 86.3 Å². The number of methoxy groups -OCH3 is 5. The number of amides is 1. The third-order valence-corrected chi connectivity index (χ3v) is 32.2. The lowest BCUT2D eigenvalue weighted by molar-refractivity contribution is -0.107. The molecule has 0 spiro atoms. The second kappa shape index (κ2) is 63.0. The van der Waals surface area contributed by atoms with Gasteiger partial charge in [0.1, 0.15) is 77.8 Å². The molecule has 143 heavy (non-hydrogen) atoms. The summed E-state index contributed by atoms with van der Waals surface area (Å²) in [4.78, 5) is 37.4. The van der Waals surface area contributed by atoms with Gasteiger partial charge >= 0.3 is 6.09 Å². The van der Waals surface area contributed by atoms with E-state index in [2.05, 4.69) is 57.6 Å². The Morgan fingerprint density at radius 1 is 0.538 bits per heavy atom. The van der Waals surface area contributed by atoms with E-state index in [0.717, 1.165) is 191 Å². The monoisotopic (exact) mass is 2230 g/mol. The first-order valence-electron chi connectivity index (χ1n) is 44.6. The fourth-order valence-corrected chi connectivity index (χ4v) is 23.2. The first-order valence-corrected chi connectivity index (χ1v) is 55.5. The van der Waals surface area contributed by atoms with Gasteiger partial charge in [0.2, 0.25) is 0 Å². The Morgan fingerprint density at radius 2 is 0.986 bits per heavy atom. The normalized spacial score (nSPS) is 13.9. The summed E-state index contributed by atoms with van der Waals surface area (Å²) >= 11 is 28.6. The van der Waals surface area contributed by atoms with Gasteiger partial charge in [0, 0.05) is 129 Å². The maximum atomic E-state index is 15.2. The number of nitrogens with zero attached hydrogens (tertiary/aromatic N) is 7. The quantitative estimate of drug-likeness (QED) is 0.00761. The molecule has 0 bridgehead atoms. The van der Waals surface area contributed by atoms with Crippen LogP contribution in [0.3, 0.4) is 0 Å². The van der Waals surface area contributed by atoms with Gasteiger partial charge in [-0.15, -0.1) is 45.3 Å². The molecule has 4 aromatic heterocycles. The molecule has 796 valence electrons. The number of piperidine rings is 2. The maximum Gasteiger partial charge on any atom is 0.410 e. The van der Waals surface area contributed by atoms with Crippen molar-refractivity contribution < 1.29 is 93.6 Å². The van der Waals surface area contributed by atoms with E-state index >= 15 is 4.39 Å². The third kappa shape index (κ3) is 40.4. The molecule has 0 radical (unpaired) electrons. The number of aromatic nitrogens is 4. The predicted molar refractivity (Wildman–Crippen MR) is 569 cm³/mol. The van der Waals surface area contributed by atoms with Crippen molar-refractivity contribution in [3.05, 3.63) is 197 Å². The number of likely N-dealkylation sites (tertiary alicyclic amines) is 1. The number of nitrogens with two attached hydrogens (primary N) is 2. The zero-order chi connectivity index (χ0) is 103. The molecule has 2 saturated heterocycles. The van der Waals surface area contributed by atoms with Gasteiger partial charge in [-0.3, -0.25) is 9.44 Å². The molecule has 4 atom stereocenters. The Balaban J connectivity index is 0.000000370. The van der Waals surface area contributed by atoms with Crippen LogP contribution >= 0.6 is 91.8 Å². The lowest BCUT2D eigenvalue weighted by Crippen LogP contribution is -2.49. The zero-order valence-electron chi connectivity index (χ0n) is 79.5. The van der Waals surface area contributed by atoms with Gasteiger partial charge in [-0.1, -0.05) is 100 Å². The number of aryl methyl sites for hydroxylation is 1. The Hall–Kier alpha value is -8.81. The van der Waals surface area contributed by atoms with Crippen LogP contribution in [-0.2, 0) is 72.2 Å². The second-order valence-corrected chi connectivity index (χ2v) is 44.8. The molecule has 48 heteroatoms. The highest BCUT2D eigenvalue weighted by molar-refractivity contribution is 7.94. The molecule has 10 aromatic rings. The third-order valence-electron chi connectivity index (χ3n) is 21.3. The molecule has 1 amide bonds. The van der Waals surface area contributed by atoms with Crippen molar-refractivity contribution in [2.45, 2.75) is 236 Å². The van der Waals surface area contributed by atoms with Crippen LogP contribution in [0.4, 0.5) is 64.3 Å². The van der Waals surface area contributed by atoms with Crippen molar-refractivity contribution in [1.82, 2.24) is 30.2 Å². The summed E-state index contributed by atoms with van der Waals surface area (Å²) in [5.74, 6) is -3.44. The molecule has 10 N–H and O–H groups in total. The highest BCUT2D eigenvalue weighted by Gasteiger charge is 2.36. The number of rotatable bonds is 43. The summed E-state index contributed by atoms with van der Waals surface area (Å²) in [6.07, 6.45) is 24.3. The summed E-state index contributed by atoms with van der Waals surface area (Å²) in [7, 11) is -9.14. The molecule has 6 aromatic carbocycles. The number of carbonyl (C=O) groups is 2. The number of halogens is 9. The number of aldehydes is 1. The molecule has 2 aliphatic rings. The van der Waals surface area contributed by atoms with Crippen LogP contribution in [0.2, 0.25) is 20.1 Å². The van der Waals surface area contributed by atoms with Crippen LogP contribution in [0, 0.1) is 36.0 Å². The lowest BCUT2D eigenvalue weighted by atomic mass is 9.99. The minimum absolute atomic E-state index is 0. The maximum absolute atomic E-state index is 15.2. The molecule has 0 aliphatic carbocycles. The van der Waals surface area contributed by atoms with E-state index in [9.17, 15) is 60.8 Å². The van der Waals surface area contributed by atoms with E-state index in [0.29, 0.717) is 91.4 Å². The molecule has 31 nitrogen and oxygen atoms in total. The van der Waals surface area contributed by atoms with E-state index in [-0.39, 0.29) is 94.9 Å². The van der Waals surface area contributed by atoms with Crippen molar-refractivity contribution in [3.8, 4) is 17.2 Å². The van der Waals surface area contributed by atoms with Crippen molar-refractivity contribution in [1.29, 1.82) is 0 Å². The predicted octanol–water partition coefficient (Wildman–Crippen LogP) is 23.1. The number of benzene rings is 6. The molecule has 0 saturated carbocycles. The number of thiazole rings is 4. The lowest BCUT2D eigenvalue weighted by Gasteiger charge is -2.36. The Kier molecular flexibility index (Phi) is 55.7. The van der Waals surface area contributed by atoms with Gasteiger partial charge in [-0.05, 0) is 210 Å². The molecule has 2 aliphatic heterocycles. The van der Waals surface area contributed by atoms with Crippen LogP contribution in [0.5, 0.6) is 17.2 Å². The fourth-order valence-electron chi connectivity index (χ4n) is 13.6. The Bertz CT molecular complexity index is 5980. The summed E-state index contributed by atoms with van der Waals surface area (Å²) in [5, 5.41) is 19.5. The first-order chi connectivity index (χ1) is 66.6. The minimum Gasteiger partial charge on any atom is -0.497 e. The van der Waals surface area contributed by atoms with Crippen molar-refractivity contribution >= 4 is 182 Å². The number of nitrogens with one attached hydrogen (secondary N) is 6. The van der Waals surface area contributed by atoms with Gasteiger partial charge in [0.05, 0.1) is 83.8 Å². The van der Waals surface area contributed by atoms with E-state index in [1.54, 1.807) is 78.1 Å². The largest absolute Gasteiger partial charge is 0.497 e. The first kappa shape index (κ1) is 126. The molecule has 12 rings (SSSR count). The van der Waals surface area contributed by atoms with E-state index in [1.165, 1.54) is 77.5 Å². The number of ether oxygens (including phenoxy) is 6. The minimum atomic E-state index is -4.46. The Morgan fingerprint density at radius 3 is 1.43 bits per heavy atom. The van der Waals surface area contributed by atoms with Crippen LogP contribution in [-0.4, -0.2) is 182 Å². The second-order valence-electron chi connectivity index (χ2n) is 32.7. The Labute approximate surface area is 875 Å². The van der Waals surface area contributed by atoms with E-state index < -0.39 is 99.4 Å². The molecule has 2 fully saturated rings. The van der Waals surface area contributed by atoms with Gasteiger partial charge in [0.15, 0.2) is 20.5 Å². The van der Waals surface area contributed by atoms with Gasteiger partial charge < -0.3 is 70.9 Å². The number of hydrogen-bond acceptors (Lipinski definition) is 30.